The molecule has 4 heteroatoms. The first-order chi connectivity index (χ1) is 11.1. The number of nitrogens with zero attached hydrogens (tertiary/aromatic N) is 1. The highest BCUT2D eigenvalue weighted by molar-refractivity contribution is 6.30. The van der Waals surface area contributed by atoms with E-state index in [1.54, 1.807) is 0 Å². The third kappa shape index (κ3) is 2.35. The van der Waals surface area contributed by atoms with Gasteiger partial charge in [-0.05, 0) is 41.8 Å². The van der Waals surface area contributed by atoms with Crippen molar-refractivity contribution in [3.63, 3.8) is 0 Å². The Morgan fingerprint density at radius 2 is 1.35 bits per heavy atom. The maximum Gasteiger partial charge on any atom is 0.0788 e. The van der Waals surface area contributed by atoms with Gasteiger partial charge in [0.25, 0.3) is 0 Å². The summed E-state index contributed by atoms with van der Waals surface area (Å²) in [5.74, 6) is 0. The highest BCUT2D eigenvalue weighted by Gasteiger charge is 2.11. The van der Waals surface area contributed by atoms with Gasteiger partial charge in [0.05, 0.1) is 11.2 Å². The van der Waals surface area contributed by atoms with Gasteiger partial charge in [-0.3, -0.25) is 0 Å². The minimum absolute atomic E-state index is 0.696. The molecule has 0 aliphatic rings. The molecule has 0 saturated heterocycles. The van der Waals surface area contributed by atoms with Crippen molar-refractivity contribution in [2.75, 3.05) is 11.5 Å². The highest BCUT2D eigenvalue weighted by atomic mass is 35.5. The van der Waals surface area contributed by atoms with Gasteiger partial charge in [-0.2, -0.15) is 0 Å². The van der Waals surface area contributed by atoms with Crippen LogP contribution in [-0.2, 0) is 0 Å². The number of anilines is 2. The first kappa shape index (κ1) is 13.9. The van der Waals surface area contributed by atoms with E-state index in [9.17, 15) is 0 Å². The summed E-state index contributed by atoms with van der Waals surface area (Å²) in [6, 6.07) is 19.3. The van der Waals surface area contributed by atoms with Crippen molar-refractivity contribution in [2.24, 2.45) is 0 Å². The topological polar surface area (TPSA) is 64.9 Å². The highest BCUT2D eigenvalue weighted by Crippen LogP contribution is 2.34. The molecule has 0 aliphatic carbocycles. The molecule has 23 heavy (non-hydrogen) atoms. The number of benzene rings is 3. The lowest BCUT2D eigenvalue weighted by molar-refractivity contribution is 1.43. The monoisotopic (exact) mass is 319 g/mol. The largest absolute Gasteiger partial charge is 0.399 e. The molecule has 0 aliphatic heterocycles. The van der Waals surface area contributed by atoms with E-state index < -0.39 is 0 Å². The molecule has 0 spiro atoms. The zero-order valence-electron chi connectivity index (χ0n) is 12.3. The molecular formula is C19H14ClN3. The third-order valence-corrected chi connectivity index (χ3v) is 4.21. The Kier molecular flexibility index (Phi) is 3.10. The van der Waals surface area contributed by atoms with Crippen LogP contribution in [0.3, 0.4) is 0 Å². The average Bonchev–Trinajstić information content (AvgIpc) is 2.54. The molecule has 4 rings (SSSR count). The summed E-state index contributed by atoms with van der Waals surface area (Å²) in [5, 5.41) is 3.88. The summed E-state index contributed by atoms with van der Waals surface area (Å²) < 4.78 is 0. The molecule has 4 N–H and O–H groups in total. The molecular weight excluding hydrogens is 306 g/mol. The van der Waals surface area contributed by atoms with Crippen LogP contribution < -0.4 is 11.5 Å². The van der Waals surface area contributed by atoms with Crippen molar-refractivity contribution in [2.45, 2.75) is 0 Å². The second-order valence-corrected chi connectivity index (χ2v) is 5.99. The summed E-state index contributed by atoms with van der Waals surface area (Å²) in [5.41, 5.74) is 16.1. The molecule has 112 valence electrons. The van der Waals surface area contributed by atoms with Gasteiger partial charge in [-0.25, -0.2) is 4.98 Å². The van der Waals surface area contributed by atoms with Crippen LogP contribution in [0.15, 0.2) is 60.7 Å². The fourth-order valence-electron chi connectivity index (χ4n) is 2.87. The second-order valence-electron chi connectivity index (χ2n) is 5.55. The number of pyridine rings is 1. The Labute approximate surface area is 138 Å². The minimum Gasteiger partial charge on any atom is -0.399 e. The van der Waals surface area contributed by atoms with E-state index in [-0.39, 0.29) is 0 Å². The van der Waals surface area contributed by atoms with Gasteiger partial charge in [0, 0.05) is 32.7 Å². The minimum atomic E-state index is 0.696. The Hall–Kier alpha value is -2.78. The number of nitrogen functional groups attached to an aromatic ring is 2. The summed E-state index contributed by atoms with van der Waals surface area (Å²) in [6.45, 7) is 0. The average molecular weight is 320 g/mol. The quantitative estimate of drug-likeness (QED) is 0.388. The summed E-state index contributed by atoms with van der Waals surface area (Å²) in [6.07, 6.45) is 0. The Morgan fingerprint density at radius 3 is 2.09 bits per heavy atom. The number of aromatic nitrogens is 1. The Bertz CT molecular complexity index is 1040. The Morgan fingerprint density at radius 1 is 0.696 bits per heavy atom. The number of fused-ring (bicyclic) bond motifs is 3. The predicted molar refractivity (Wildman–Crippen MR) is 98.5 cm³/mol. The number of hydrogen-bond donors (Lipinski definition) is 2. The van der Waals surface area contributed by atoms with E-state index in [0.717, 1.165) is 32.9 Å². The van der Waals surface area contributed by atoms with E-state index in [0.29, 0.717) is 16.4 Å². The zero-order chi connectivity index (χ0) is 16.0. The van der Waals surface area contributed by atoms with E-state index in [2.05, 4.69) is 0 Å². The van der Waals surface area contributed by atoms with Gasteiger partial charge < -0.3 is 11.5 Å². The molecule has 4 aromatic rings. The van der Waals surface area contributed by atoms with Crippen molar-refractivity contribution in [3.8, 4) is 11.3 Å². The maximum absolute atomic E-state index is 6.00. The van der Waals surface area contributed by atoms with Gasteiger partial charge in [-0.15, -0.1) is 0 Å². The van der Waals surface area contributed by atoms with E-state index in [4.69, 9.17) is 28.1 Å². The van der Waals surface area contributed by atoms with Crippen LogP contribution in [0.4, 0.5) is 11.4 Å². The number of rotatable bonds is 1. The normalized spacial score (nSPS) is 11.2. The lowest BCUT2D eigenvalue weighted by Gasteiger charge is -2.11. The van der Waals surface area contributed by atoms with Crippen LogP contribution in [0.2, 0.25) is 5.02 Å². The lowest BCUT2D eigenvalue weighted by atomic mass is 9.99. The van der Waals surface area contributed by atoms with Gasteiger partial charge in [-0.1, -0.05) is 35.9 Å². The van der Waals surface area contributed by atoms with Crippen molar-refractivity contribution in [1.82, 2.24) is 4.98 Å². The molecule has 0 amide bonds. The van der Waals surface area contributed by atoms with E-state index in [1.165, 1.54) is 0 Å². The molecule has 0 bridgehead atoms. The molecule has 1 aromatic heterocycles. The second kappa shape index (κ2) is 5.14. The first-order valence-corrected chi connectivity index (χ1v) is 7.64. The smallest absolute Gasteiger partial charge is 0.0788 e. The van der Waals surface area contributed by atoms with Crippen LogP contribution in [0.5, 0.6) is 0 Å². The summed E-state index contributed by atoms with van der Waals surface area (Å²) in [7, 11) is 0. The van der Waals surface area contributed by atoms with Crippen molar-refractivity contribution in [1.29, 1.82) is 0 Å². The van der Waals surface area contributed by atoms with E-state index >= 15 is 0 Å². The van der Waals surface area contributed by atoms with Crippen LogP contribution in [0.1, 0.15) is 0 Å². The van der Waals surface area contributed by atoms with Crippen LogP contribution in [0.25, 0.3) is 32.9 Å². The fourth-order valence-corrected chi connectivity index (χ4v) is 3.00. The molecule has 0 fully saturated rings. The van der Waals surface area contributed by atoms with Crippen LogP contribution in [-0.4, -0.2) is 4.98 Å². The predicted octanol–water partition coefficient (Wildman–Crippen LogP) is 4.87. The molecule has 3 aromatic carbocycles. The molecule has 0 saturated carbocycles. The summed E-state index contributed by atoms with van der Waals surface area (Å²) in [4.78, 5) is 4.83. The van der Waals surface area contributed by atoms with Crippen molar-refractivity contribution >= 4 is 44.7 Å². The van der Waals surface area contributed by atoms with Gasteiger partial charge >= 0.3 is 0 Å². The molecule has 0 atom stereocenters. The summed E-state index contributed by atoms with van der Waals surface area (Å²) >= 11 is 6.00. The SMILES string of the molecule is Nc1ccc2c(c1)nc(-c1ccc(Cl)cc1)c1cc(N)ccc12. The number of halogens is 1. The van der Waals surface area contributed by atoms with Gasteiger partial charge in [0.15, 0.2) is 0 Å². The van der Waals surface area contributed by atoms with Crippen LogP contribution >= 0.6 is 11.6 Å². The number of nitrogens with two attached hydrogens (primary N) is 2. The standard InChI is InChI=1S/C19H14ClN3/c20-12-3-1-11(2-4-12)19-17-9-13(21)5-7-15(17)16-8-6-14(22)10-18(16)23-19/h1-10H,21-22H2. The van der Waals surface area contributed by atoms with E-state index in [1.807, 2.05) is 60.7 Å². The lowest BCUT2D eigenvalue weighted by Crippen LogP contribution is -1.93. The number of hydrogen-bond acceptors (Lipinski definition) is 3. The van der Waals surface area contributed by atoms with Gasteiger partial charge in [0.1, 0.15) is 0 Å². The zero-order valence-corrected chi connectivity index (χ0v) is 13.0. The van der Waals surface area contributed by atoms with Crippen LogP contribution in [0, 0.1) is 0 Å². The Balaban J connectivity index is 2.15. The molecule has 1 heterocycles. The fraction of sp³-hybridized carbons (Fsp3) is 0. The van der Waals surface area contributed by atoms with Crippen molar-refractivity contribution in [3.05, 3.63) is 65.7 Å². The molecule has 3 nitrogen and oxygen atoms in total. The third-order valence-electron chi connectivity index (χ3n) is 3.96. The first-order valence-electron chi connectivity index (χ1n) is 7.26. The van der Waals surface area contributed by atoms with Crippen molar-refractivity contribution < 1.29 is 0 Å². The molecule has 0 unspecified atom stereocenters. The maximum atomic E-state index is 6.00. The van der Waals surface area contributed by atoms with Gasteiger partial charge in [0.2, 0.25) is 0 Å². The molecule has 0 radical (unpaired) electrons.